The van der Waals surface area contributed by atoms with Crippen LogP contribution in [0.1, 0.15) is 37.7 Å². The zero-order valence-electron chi connectivity index (χ0n) is 12.1. The molecule has 0 aliphatic carbocycles. The zero-order valence-corrected chi connectivity index (χ0v) is 12.9. The summed E-state index contributed by atoms with van der Waals surface area (Å²) in [6.45, 7) is 6.04. The van der Waals surface area contributed by atoms with Gasteiger partial charge in [0.15, 0.2) is 0 Å². The van der Waals surface area contributed by atoms with Gasteiger partial charge in [-0.1, -0.05) is 20.8 Å². The molecule has 112 valence electrons. The monoisotopic (exact) mass is 301 g/mol. The first kappa shape index (κ1) is 16.5. The van der Waals surface area contributed by atoms with Crippen LogP contribution in [0.4, 0.5) is 5.69 Å². The van der Waals surface area contributed by atoms with Crippen molar-refractivity contribution in [2.45, 2.75) is 33.2 Å². The van der Waals surface area contributed by atoms with E-state index in [0.717, 1.165) is 0 Å². The van der Waals surface area contributed by atoms with Crippen LogP contribution >= 0.6 is 11.6 Å². The van der Waals surface area contributed by atoms with Crippen LogP contribution in [0.2, 0.25) is 0 Å². The SMILES string of the molecule is Cn1cc([N+](=O)[O-])cc1C(=O)NC(CCCl)C(C)(C)C. The third-order valence-electron chi connectivity index (χ3n) is 3.18. The second-order valence-electron chi connectivity index (χ2n) is 5.82. The Morgan fingerprint density at radius 2 is 2.15 bits per heavy atom. The highest BCUT2D eigenvalue weighted by Gasteiger charge is 2.27. The molecule has 7 heteroatoms. The number of hydrogen-bond acceptors (Lipinski definition) is 3. The summed E-state index contributed by atoms with van der Waals surface area (Å²) < 4.78 is 1.45. The molecule has 1 unspecified atom stereocenters. The topological polar surface area (TPSA) is 77.2 Å². The van der Waals surface area contributed by atoms with E-state index in [4.69, 9.17) is 11.6 Å². The molecule has 0 bridgehead atoms. The molecule has 1 amide bonds. The van der Waals surface area contributed by atoms with Crippen LogP contribution in [0.25, 0.3) is 0 Å². The number of carbonyl (C=O) groups excluding carboxylic acids is 1. The first-order chi connectivity index (χ1) is 9.16. The molecule has 0 aromatic carbocycles. The minimum Gasteiger partial charge on any atom is -0.347 e. The first-order valence-electron chi connectivity index (χ1n) is 6.34. The minimum atomic E-state index is -0.517. The molecule has 20 heavy (non-hydrogen) atoms. The van der Waals surface area contributed by atoms with E-state index in [0.29, 0.717) is 12.3 Å². The fourth-order valence-electron chi connectivity index (χ4n) is 1.94. The number of hydrogen-bond donors (Lipinski definition) is 1. The lowest BCUT2D eigenvalue weighted by molar-refractivity contribution is -0.384. The third kappa shape index (κ3) is 3.96. The van der Waals surface area contributed by atoms with E-state index in [1.807, 2.05) is 20.8 Å². The van der Waals surface area contributed by atoms with Crippen molar-refractivity contribution in [3.8, 4) is 0 Å². The van der Waals surface area contributed by atoms with Crippen LogP contribution in [0.15, 0.2) is 12.3 Å². The average molecular weight is 302 g/mol. The van der Waals surface area contributed by atoms with Crippen LogP contribution in [-0.2, 0) is 7.05 Å². The normalized spacial score (nSPS) is 13.1. The van der Waals surface area contributed by atoms with Gasteiger partial charge >= 0.3 is 0 Å². The van der Waals surface area contributed by atoms with Crippen molar-refractivity contribution in [3.05, 3.63) is 28.1 Å². The molecule has 1 aromatic heterocycles. The molecule has 0 spiro atoms. The molecule has 1 heterocycles. The molecule has 0 aliphatic rings. The van der Waals surface area contributed by atoms with Crippen molar-refractivity contribution in [1.29, 1.82) is 0 Å². The van der Waals surface area contributed by atoms with E-state index in [9.17, 15) is 14.9 Å². The number of rotatable bonds is 5. The zero-order chi connectivity index (χ0) is 15.5. The predicted molar refractivity (Wildman–Crippen MR) is 78.1 cm³/mol. The van der Waals surface area contributed by atoms with Gasteiger partial charge in [0, 0.05) is 25.0 Å². The van der Waals surface area contributed by atoms with Crippen molar-refractivity contribution < 1.29 is 9.72 Å². The summed E-state index contributed by atoms with van der Waals surface area (Å²) >= 11 is 5.76. The quantitative estimate of drug-likeness (QED) is 0.516. The highest BCUT2D eigenvalue weighted by Crippen LogP contribution is 2.23. The summed E-state index contributed by atoms with van der Waals surface area (Å²) in [6, 6.07) is 1.18. The molecule has 0 radical (unpaired) electrons. The molecule has 6 nitrogen and oxygen atoms in total. The van der Waals surface area contributed by atoms with E-state index < -0.39 is 4.92 Å². The number of alkyl halides is 1. The Morgan fingerprint density at radius 1 is 1.55 bits per heavy atom. The summed E-state index contributed by atoms with van der Waals surface area (Å²) in [5.41, 5.74) is 0.0320. The molecule has 0 saturated heterocycles. The summed E-state index contributed by atoms with van der Waals surface area (Å²) in [5, 5.41) is 13.6. The fourth-order valence-corrected chi connectivity index (χ4v) is 2.15. The number of nitrogens with one attached hydrogen (secondary N) is 1. The van der Waals surface area contributed by atoms with Crippen molar-refractivity contribution in [2.24, 2.45) is 12.5 Å². The van der Waals surface area contributed by atoms with E-state index in [-0.39, 0.29) is 28.7 Å². The van der Waals surface area contributed by atoms with E-state index in [2.05, 4.69) is 5.32 Å². The largest absolute Gasteiger partial charge is 0.347 e. The van der Waals surface area contributed by atoms with Gasteiger partial charge < -0.3 is 9.88 Å². The maximum Gasteiger partial charge on any atom is 0.287 e. The third-order valence-corrected chi connectivity index (χ3v) is 3.40. The summed E-state index contributed by atoms with van der Waals surface area (Å²) in [4.78, 5) is 22.4. The van der Waals surface area contributed by atoms with Crippen LogP contribution < -0.4 is 5.32 Å². The highest BCUT2D eigenvalue weighted by atomic mass is 35.5. The van der Waals surface area contributed by atoms with Gasteiger partial charge in [-0.15, -0.1) is 11.6 Å². The lowest BCUT2D eigenvalue weighted by Gasteiger charge is -2.31. The molecule has 0 aliphatic heterocycles. The van der Waals surface area contributed by atoms with Crippen molar-refractivity contribution in [2.75, 3.05) is 5.88 Å². The lowest BCUT2D eigenvalue weighted by atomic mass is 9.85. The number of nitrogens with zero attached hydrogens (tertiary/aromatic N) is 2. The lowest BCUT2D eigenvalue weighted by Crippen LogP contribution is -2.44. The molecular formula is C13H20ClN3O3. The number of nitro groups is 1. The summed E-state index contributed by atoms with van der Waals surface area (Å²) in [5.74, 6) is 0.112. The van der Waals surface area contributed by atoms with Crippen molar-refractivity contribution in [3.63, 3.8) is 0 Å². The van der Waals surface area contributed by atoms with Gasteiger partial charge in [0.1, 0.15) is 5.69 Å². The van der Waals surface area contributed by atoms with E-state index in [1.165, 1.54) is 16.8 Å². The molecule has 1 aromatic rings. The predicted octanol–water partition coefficient (Wildman–Crippen LogP) is 2.71. The standard InChI is InChI=1S/C13H20ClN3O3/c1-13(2,3)11(5-6-14)15-12(18)10-7-9(17(19)20)8-16(10)4/h7-8,11H,5-6H2,1-4H3,(H,15,18). The van der Waals surface area contributed by atoms with Gasteiger partial charge in [-0.2, -0.15) is 0 Å². The van der Waals surface area contributed by atoms with Gasteiger partial charge in [0.05, 0.1) is 11.1 Å². The Morgan fingerprint density at radius 3 is 2.55 bits per heavy atom. The maximum atomic E-state index is 12.2. The Bertz CT molecular complexity index is 505. The summed E-state index contributed by atoms with van der Waals surface area (Å²) in [6.07, 6.45) is 1.96. The Hall–Kier alpha value is -1.56. The minimum absolute atomic E-state index is 0.0951. The van der Waals surface area contributed by atoms with Crippen molar-refractivity contribution in [1.82, 2.24) is 9.88 Å². The molecule has 1 rings (SSSR count). The van der Waals surface area contributed by atoms with Crippen molar-refractivity contribution >= 4 is 23.2 Å². The summed E-state index contributed by atoms with van der Waals surface area (Å²) in [7, 11) is 1.61. The van der Waals surface area contributed by atoms with Gasteiger partial charge in [-0.3, -0.25) is 14.9 Å². The number of carbonyl (C=O) groups is 1. The van der Waals surface area contributed by atoms with E-state index >= 15 is 0 Å². The number of aromatic nitrogens is 1. The van der Waals surface area contributed by atoms with Gasteiger partial charge in [-0.25, -0.2) is 0 Å². The van der Waals surface area contributed by atoms with E-state index in [1.54, 1.807) is 7.05 Å². The van der Waals surface area contributed by atoms with Crippen LogP contribution in [0.3, 0.4) is 0 Å². The van der Waals surface area contributed by atoms with Crippen LogP contribution in [0, 0.1) is 15.5 Å². The molecule has 0 saturated carbocycles. The van der Waals surface area contributed by atoms with Crippen LogP contribution in [0.5, 0.6) is 0 Å². The molecular weight excluding hydrogens is 282 g/mol. The van der Waals surface area contributed by atoms with Crippen LogP contribution in [-0.4, -0.2) is 27.3 Å². The maximum absolute atomic E-state index is 12.2. The van der Waals surface area contributed by atoms with Gasteiger partial charge in [0.2, 0.25) is 0 Å². The molecule has 0 fully saturated rings. The number of aryl methyl sites for hydroxylation is 1. The fraction of sp³-hybridized carbons (Fsp3) is 0.615. The smallest absolute Gasteiger partial charge is 0.287 e. The van der Waals surface area contributed by atoms with Gasteiger partial charge in [-0.05, 0) is 11.8 Å². The second-order valence-corrected chi connectivity index (χ2v) is 6.20. The Balaban J connectivity index is 2.92. The molecule has 1 atom stereocenters. The Kier molecular flexibility index (Phi) is 5.16. The highest BCUT2D eigenvalue weighted by molar-refractivity contribution is 6.17. The average Bonchev–Trinajstić information content (AvgIpc) is 2.69. The number of halogens is 1. The first-order valence-corrected chi connectivity index (χ1v) is 6.88. The second kappa shape index (κ2) is 6.26. The van der Waals surface area contributed by atoms with Gasteiger partial charge in [0.25, 0.3) is 11.6 Å². The Labute approximate surface area is 123 Å². The molecule has 1 N–H and O–H groups in total. The number of amides is 1.